The van der Waals surface area contributed by atoms with Gasteiger partial charge in [-0.1, -0.05) is 30.1 Å². The van der Waals surface area contributed by atoms with Gasteiger partial charge in [0.1, 0.15) is 17.2 Å². The zero-order valence-corrected chi connectivity index (χ0v) is 15.2. The molecule has 128 valence electrons. The number of hydrogen-bond donors (Lipinski definition) is 0. The molecule has 0 saturated heterocycles. The molecule has 0 fully saturated rings. The number of hydrogen-bond acceptors (Lipinski definition) is 5. The van der Waals surface area contributed by atoms with Crippen molar-refractivity contribution in [2.75, 3.05) is 5.75 Å². The minimum absolute atomic E-state index is 0.0242. The van der Waals surface area contributed by atoms with Crippen LogP contribution in [0.15, 0.2) is 41.3 Å². The first-order valence-electron chi connectivity index (χ1n) is 6.90. The lowest BCUT2D eigenvalue weighted by molar-refractivity contribution is -0.131. The Hall–Kier alpha value is -1.76. The Balaban J connectivity index is 2.32. The molecule has 0 aromatic heterocycles. The third-order valence-electron chi connectivity index (χ3n) is 2.98. The quantitative estimate of drug-likeness (QED) is 0.556. The first-order valence-corrected chi connectivity index (χ1v) is 9.31. The molecule has 0 radical (unpaired) electrons. The molecule has 8 heteroatoms. The third kappa shape index (κ3) is 4.63. The van der Waals surface area contributed by atoms with Crippen LogP contribution in [0.5, 0.6) is 17.2 Å². The molecule has 0 saturated carbocycles. The molecule has 2 aromatic carbocycles. The van der Waals surface area contributed by atoms with Gasteiger partial charge in [-0.3, -0.25) is 4.79 Å². The summed E-state index contributed by atoms with van der Waals surface area (Å²) < 4.78 is 34.3. The molecule has 0 atom stereocenters. The number of rotatable bonds is 5. The monoisotopic (exact) mass is 388 g/mol. The van der Waals surface area contributed by atoms with Crippen molar-refractivity contribution < 1.29 is 22.7 Å². The molecule has 0 aliphatic heterocycles. The van der Waals surface area contributed by atoms with E-state index in [1.165, 1.54) is 43.3 Å². The summed E-state index contributed by atoms with van der Waals surface area (Å²) in [6.07, 6.45) is 0. The van der Waals surface area contributed by atoms with Crippen molar-refractivity contribution in [1.82, 2.24) is 0 Å². The van der Waals surface area contributed by atoms with E-state index in [4.69, 9.17) is 32.7 Å². The van der Waals surface area contributed by atoms with Crippen molar-refractivity contribution in [3.63, 3.8) is 0 Å². The first-order chi connectivity index (χ1) is 11.2. The van der Waals surface area contributed by atoms with E-state index in [2.05, 4.69) is 0 Å². The van der Waals surface area contributed by atoms with Gasteiger partial charge in [0.15, 0.2) is 9.84 Å². The van der Waals surface area contributed by atoms with Gasteiger partial charge in [0.25, 0.3) is 0 Å². The zero-order chi connectivity index (χ0) is 17.9. The Morgan fingerprint density at radius 1 is 1.08 bits per heavy atom. The Labute approximate surface area is 150 Å². The lowest BCUT2D eigenvalue weighted by atomic mass is 10.3. The van der Waals surface area contributed by atoms with Gasteiger partial charge < -0.3 is 9.47 Å². The van der Waals surface area contributed by atoms with Gasteiger partial charge in [-0.25, -0.2) is 8.42 Å². The lowest BCUT2D eigenvalue weighted by Crippen LogP contribution is -2.03. The van der Waals surface area contributed by atoms with Crippen molar-refractivity contribution in [1.29, 1.82) is 0 Å². The van der Waals surface area contributed by atoms with Crippen LogP contribution in [0, 0.1) is 0 Å². The van der Waals surface area contributed by atoms with E-state index in [1.54, 1.807) is 6.92 Å². The molecule has 0 N–H and O–H groups in total. The molecule has 0 bridgehead atoms. The van der Waals surface area contributed by atoms with Crippen LogP contribution in [0.4, 0.5) is 0 Å². The van der Waals surface area contributed by atoms with Crippen LogP contribution in [0.1, 0.15) is 13.8 Å². The number of esters is 1. The van der Waals surface area contributed by atoms with Crippen LogP contribution < -0.4 is 9.47 Å². The Morgan fingerprint density at radius 2 is 1.75 bits per heavy atom. The summed E-state index contributed by atoms with van der Waals surface area (Å²) in [5, 5.41) is 0.448. The maximum atomic E-state index is 11.8. The molecule has 0 amide bonds. The smallest absolute Gasteiger partial charge is 0.308 e. The third-order valence-corrected chi connectivity index (χ3v) is 5.22. The maximum Gasteiger partial charge on any atom is 0.308 e. The first kappa shape index (κ1) is 18.6. The van der Waals surface area contributed by atoms with Gasteiger partial charge in [0.2, 0.25) is 0 Å². The maximum absolute atomic E-state index is 11.8. The fourth-order valence-corrected chi connectivity index (χ4v) is 3.28. The highest BCUT2D eigenvalue weighted by Gasteiger charge is 2.15. The summed E-state index contributed by atoms with van der Waals surface area (Å²) in [4.78, 5) is 11.1. The van der Waals surface area contributed by atoms with Gasteiger partial charge in [-0.15, -0.1) is 0 Å². The zero-order valence-electron chi connectivity index (χ0n) is 12.9. The number of ether oxygens (including phenoxy) is 2. The molecule has 0 unspecified atom stereocenters. The topological polar surface area (TPSA) is 69.7 Å². The molecule has 0 aliphatic rings. The van der Waals surface area contributed by atoms with Crippen LogP contribution in [-0.2, 0) is 14.6 Å². The largest absolute Gasteiger partial charge is 0.456 e. The molecular formula is C16H14Cl2O5S. The summed E-state index contributed by atoms with van der Waals surface area (Å²) in [6.45, 7) is 2.82. The Kier molecular flexibility index (Phi) is 5.74. The molecule has 0 heterocycles. The lowest BCUT2D eigenvalue weighted by Gasteiger charge is -2.11. The van der Waals surface area contributed by atoms with Gasteiger partial charge in [-0.2, -0.15) is 0 Å². The van der Waals surface area contributed by atoms with E-state index in [0.717, 1.165) is 0 Å². The molecule has 5 nitrogen and oxygen atoms in total. The molecule has 0 aliphatic carbocycles. The Morgan fingerprint density at radius 3 is 2.33 bits per heavy atom. The standard InChI is InChI=1S/C16H14Cl2O5S/c1-3-24(20,21)14-4-5-16(15(18)9-14)23-13-7-11(17)6-12(8-13)22-10(2)19/h4-9H,3H2,1-2H3. The van der Waals surface area contributed by atoms with Gasteiger partial charge in [-0.05, 0) is 30.3 Å². The normalized spacial score (nSPS) is 11.2. The summed E-state index contributed by atoms with van der Waals surface area (Å²) >= 11 is 12.1. The summed E-state index contributed by atoms with van der Waals surface area (Å²) in [6, 6.07) is 8.65. The van der Waals surface area contributed by atoms with E-state index >= 15 is 0 Å². The van der Waals surface area contributed by atoms with Gasteiger partial charge in [0, 0.05) is 18.0 Å². The van der Waals surface area contributed by atoms with Crippen molar-refractivity contribution >= 4 is 39.0 Å². The average Bonchev–Trinajstić information content (AvgIpc) is 2.48. The number of benzene rings is 2. The summed E-state index contributed by atoms with van der Waals surface area (Å²) in [5.41, 5.74) is 0. The van der Waals surface area contributed by atoms with E-state index in [-0.39, 0.29) is 27.2 Å². The van der Waals surface area contributed by atoms with Crippen LogP contribution in [-0.4, -0.2) is 20.1 Å². The molecular weight excluding hydrogens is 375 g/mol. The highest BCUT2D eigenvalue weighted by Crippen LogP contribution is 2.34. The molecule has 24 heavy (non-hydrogen) atoms. The SMILES string of the molecule is CCS(=O)(=O)c1ccc(Oc2cc(Cl)cc(OC(C)=O)c2)c(Cl)c1. The number of carbonyl (C=O) groups is 1. The van der Waals surface area contributed by atoms with E-state index in [9.17, 15) is 13.2 Å². The van der Waals surface area contributed by atoms with E-state index in [1.807, 2.05) is 0 Å². The highest BCUT2D eigenvalue weighted by atomic mass is 35.5. The van der Waals surface area contributed by atoms with Crippen molar-refractivity contribution in [2.45, 2.75) is 18.7 Å². The molecule has 2 aromatic rings. The summed E-state index contributed by atoms with van der Waals surface area (Å²) in [7, 11) is -3.36. The fraction of sp³-hybridized carbons (Fsp3) is 0.188. The average molecular weight is 389 g/mol. The van der Waals surface area contributed by atoms with E-state index < -0.39 is 15.8 Å². The predicted molar refractivity (Wildman–Crippen MR) is 92.0 cm³/mol. The van der Waals surface area contributed by atoms with Crippen molar-refractivity contribution in [3.05, 3.63) is 46.4 Å². The van der Waals surface area contributed by atoms with Crippen LogP contribution in [0.25, 0.3) is 0 Å². The Bertz CT molecular complexity index is 878. The molecule has 2 rings (SSSR count). The van der Waals surface area contributed by atoms with Crippen molar-refractivity contribution in [2.24, 2.45) is 0 Å². The second-order valence-corrected chi connectivity index (χ2v) is 7.94. The number of sulfone groups is 1. The minimum atomic E-state index is -3.36. The highest BCUT2D eigenvalue weighted by molar-refractivity contribution is 7.91. The predicted octanol–water partition coefficient (Wildman–Crippen LogP) is 4.50. The van der Waals surface area contributed by atoms with Gasteiger partial charge in [0.05, 0.1) is 15.7 Å². The summed E-state index contributed by atoms with van der Waals surface area (Å²) in [5.74, 6) is 0.264. The second kappa shape index (κ2) is 7.42. The van der Waals surface area contributed by atoms with Crippen LogP contribution in [0.3, 0.4) is 0 Å². The van der Waals surface area contributed by atoms with Crippen LogP contribution in [0.2, 0.25) is 10.0 Å². The second-order valence-electron chi connectivity index (χ2n) is 4.81. The number of halogens is 2. The molecule has 0 spiro atoms. The number of carbonyl (C=O) groups excluding carboxylic acids is 1. The minimum Gasteiger partial charge on any atom is -0.456 e. The van der Waals surface area contributed by atoms with E-state index in [0.29, 0.717) is 10.8 Å². The van der Waals surface area contributed by atoms with Crippen LogP contribution >= 0.6 is 23.2 Å². The fourth-order valence-electron chi connectivity index (χ4n) is 1.87. The van der Waals surface area contributed by atoms with Gasteiger partial charge >= 0.3 is 5.97 Å². The van der Waals surface area contributed by atoms with Crippen molar-refractivity contribution in [3.8, 4) is 17.2 Å².